The molecule has 0 amide bonds. The summed E-state index contributed by atoms with van der Waals surface area (Å²) in [6.07, 6.45) is 4.16. The minimum atomic E-state index is -0.290. The molecule has 1 heterocycles. The Morgan fingerprint density at radius 1 is 1.35 bits per heavy atom. The first kappa shape index (κ1) is 13.6. The van der Waals surface area contributed by atoms with E-state index in [4.69, 9.17) is 9.15 Å². The maximum atomic E-state index is 13.0. The highest BCUT2D eigenvalue weighted by molar-refractivity contribution is 9.10. The lowest BCUT2D eigenvalue weighted by molar-refractivity contribution is 0.299. The molecule has 3 rings (SSSR count). The Kier molecular flexibility index (Phi) is 4.08. The van der Waals surface area contributed by atoms with Gasteiger partial charge in [-0.1, -0.05) is 0 Å². The fourth-order valence-electron chi connectivity index (χ4n) is 1.92. The van der Waals surface area contributed by atoms with Crippen molar-refractivity contribution in [1.82, 2.24) is 5.32 Å². The van der Waals surface area contributed by atoms with Crippen LogP contribution in [0.1, 0.15) is 24.2 Å². The fourth-order valence-corrected chi connectivity index (χ4v) is 2.39. The standard InChI is InChI=1S/C15H15BrFNO2/c16-13-7-11(17)1-4-14(13)20-9-10-5-6-19-15(10)8-18-12-2-3-12/h1,4-7,12,18H,2-3,8-9H2. The topological polar surface area (TPSA) is 34.4 Å². The van der Waals surface area contributed by atoms with Crippen molar-refractivity contribution in [3.05, 3.63) is 52.1 Å². The summed E-state index contributed by atoms with van der Waals surface area (Å²) >= 11 is 3.29. The highest BCUT2D eigenvalue weighted by Gasteiger charge is 2.21. The van der Waals surface area contributed by atoms with Gasteiger partial charge < -0.3 is 14.5 Å². The van der Waals surface area contributed by atoms with Crippen LogP contribution >= 0.6 is 15.9 Å². The molecule has 0 bridgehead atoms. The number of halogens is 2. The molecule has 0 radical (unpaired) electrons. The Hall–Kier alpha value is -1.33. The molecule has 1 fully saturated rings. The molecule has 106 valence electrons. The molecule has 0 spiro atoms. The molecular weight excluding hydrogens is 325 g/mol. The largest absolute Gasteiger partial charge is 0.488 e. The van der Waals surface area contributed by atoms with Gasteiger partial charge >= 0.3 is 0 Å². The Balaban J connectivity index is 1.61. The minimum Gasteiger partial charge on any atom is -0.488 e. The first-order valence-electron chi connectivity index (χ1n) is 6.59. The Morgan fingerprint density at radius 3 is 2.95 bits per heavy atom. The Labute approximate surface area is 125 Å². The molecular formula is C15H15BrFNO2. The molecule has 1 saturated carbocycles. The normalized spacial score (nSPS) is 14.5. The van der Waals surface area contributed by atoms with E-state index in [0.717, 1.165) is 17.9 Å². The molecule has 0 aliphatic heterocycles. The number of hydrogen-bond donors (Lipinski definition) is 1. The molecule has 3 nitrogen and oxygen atoms in total. The maximum Gasteiger partial charge on any atom is 0.134 e. The van der Waals surface area contributed by atoms with Crippen LogP contribution in [0.25, 0.3) is 0 Å². The van der Waals surface area contributed by atoms with E-state index in [2.05, 4.69) is 21.2 Å². The summed E-state index contributed by atoms with van der Waals surface area (Å²) in [6, 6.07) is 6.92. The SMILES string of the molecule is Fc1ccc(OCc2ccoc2CNC2CC2)c(Br)c1. The number of furan rings is 1. The summed E-state index contributed by atoms with van der Waals surface area (Å²) < 4.78 is 24.8. The number of nitrogens with one attached hydrogen (secondary N) is 1. The van der Waals surface area contributed by atoms with Crippen molar-refractivity contribution >= 4 is 15.9 Å². The second-order valence-corrected chi connectivity index (χ2v) is 5.74. The Morgan fingerprint density at radius 2 is 2.20 bits per heavy atom. The first-order chi connectivity index (χ1) is 9.72. The van der Waals surface area contributed by atoms with Gasteiger partial charge in [-0.2, -0.15) is 0 Å². The summed E-state index contributed by atoms with van der Waals surface area (Å²) in [5.74, 6) is 1.23. The average Bonchev–Trinajstić information content (AvgIpc) is 3.14. The van der Waals surface area contributed by atoms with Crippen molar-refractivity contribution in [2.45, 2.75) is 32.0 Å². The van der Waals surface area contributed by atoms with E-state index in [-0.39, 0.29) is 5.82 Å². The van der Waals surface area contributed by atoms with E-state index >= 15 is 0 Å². The lowest BCUT2D eigenvalue weighted by Crippen LogP contribution is -2.16. The predicted octanol–water partition coefficient (Wildman–Crippen LogP) is 4.01. The van der Waals surface area contributed by atoms with Crippen LogP contribution in [0.15, 0.2) is 39.4 Å². The van der Waals surface area contributed by atoms with E-state index < -0.39 is 0 Å². The van der Waals surface area contributed by atoms with Gasteiger partial charge in [0.05, 0.1) is 17.3 Å². The van der Waals surface area contributed by atoms with E-state index in [1.54, 1.807) is 12.3 Å². The number of hydrogen-bond acceptors (Lipinski definition) is 3. The third kappa shape index (κ3) is 3.41. The third-order valence-electron chi connectivity index (χ3n) is 3.24. The van der Waals surface area contributed by atoms with Gasteiger partial charge in [0.2, 0.25) is 0 Å². The highest BCUT2D eigenvalue weighted by atomic mass is 79.9. The minimum absolute atomic E-state index is 0.290. The smallest absolute Gasteiger partial charge is 0.134 e. The van der Waals surface area contributed by atoms with Crippen molar-refractivity contribution in [3.8, 4) is 5.75 Å². The van der Waals surface area contributed by atoms with Crippen molar-refractivity contribution in [3.63, 3.8) is 0 Å². The maximum absolute atomic E-state index is 13.0. The summed E-state index contributed by atoms with van der Waals surface area (Å²) in [7, 11) is 0. The van der Waals surface area contributed by atoms with Crippen molar-refractivity contribution in [2.75, 3.05) is 0 Å². The zero-order chi connectivity index (χ0) is 13.9. The van der Waals surface area contributed by atoms with E-state index in [9.17, 15) is 4.39 Å². The fraction of sp³-hybridized carbons (Fsp3) is 0.333. The van der Waals surface area contributed by atoms with Crippen molar-refractivity contribution < 1.29 is 13.5 Å². The zero-order valence-corrected chi connectivity index (χ0v) is 12.5. The number of ether oxygens (including phenoxy) is 1. The van der Waals surface area contributed by atoms with Crippen molar-refractivity contribution in [2.24, 2.45) is 0 Å². The Bertz CT molecular complexity index is 595. The van der Waals surface area contributed by atoms with Gasteiger partial charge in [-0.25, -0.2) is 4.39 Å². The molecule has 5 heteroatoms. The quantitative estimate of drug-likeness (QED) is 0.863. The van der Waals surface area contributed by atoms with Gasteiger partial charge in [-0.15, -0.1) is 0 Å². The van der Waals surface area contributed by atoms with E-state index in [0.29, 0.717) is 22.9 Å². The van der Waals surface area contributed by atoms with Crippen LogP contribution in [-0.2, 0) is 13.2 Å². The van der Waals surface area contributed by atoms with Crippen LogP contribution in [0.5, 0.6) is 5.75 Å². The molecule has 0 unspecified atom stereocenters. The number of benzene rings is 1. The second-order valence-electron chi connectivity index (χ2n) is 4.89. The van der Waals surface area contributed by atoms with Gasteiger partial charge in [-0.3, -0.25) is 0 Å². The molecule has 1 aromatic heterocycles. The van der Waals surface area contributed by atoms with Gasteiger partial charge in [0.1, 0.15) is 23.9 Å². The summed E-state index contributed by atoms with van der Waals surface area (Å²) in [5, 5.41) is 3.41. The summed E-state index contributed by atoms with van der Waals surface area (Å²) in [6.45, 7) is 1.13. The predicted molar refractivity (Wildman–Crippen MR) is 77.0 cm³/mol. The third-order valence-corrected chi connectivity index (χ3v) is 3.86. The van der Waals surface area contributed by atoms with Crippen LogP contribution in [0.2, 0.25) is 0 Å². The van der Waals surface area contributed by atoms with E-state index in [1.807, 2.05) is 6.07 Å². The molecule has 2 aromatic rings. The monoisotopic (exact) mass is 339 g/mol. The molecule has 1 aromatic carbocycles. The van der Waals surface area contributed by atoms with Gasteiger partial charge in [0.25, 0.3) is 0 Å². The van der Waals surface area contributed by atoms with Crippen LogP contribution in [-0.4, -0.2) is 6.04 Å². The lowest BCUT2D eigenvalue weighted by Gasteiger charge is -2.08. The molecule has 20 heavy (non-hydrogen) atoms. The summed E-state index contributed by atoms with van der Waals surface area (Å²) in [5.41, 5.74) is 1.01. The van der Waals surface area contributed by atoms with Crippen LogP contribution < -0.4 is 10.1 Å². The molecule has 1 aliphatic carbocycles. The second kappa shape index (κ2) is 5.97. The molecule has 0 saturated heterocycles. The van der Waals surface area contributed by atoms with Gasteiger partial charge in [0.15, 0.2) is 0 Å². The molecule has 1 N–H and O–H groups in total. The zero-order valence-electron chi connectivity index (χ0n) is 10.9. The van der Waals surface area contributed by atoms with E-state index in [1.165, 1.54) is 25.0 Å². The highest BCUT2D eigenvalue weighted by Crippen LogP contribution is 2.27. The van der Waals surface area contributed by atoms with Gasteiger partial charge in [-0.05, 0) is 53.0 Å². The van der Waals surface area contributed by atoms with Crippen LogP contribution in [0, 0.1) is 5.82 Å². The lowest BCUT2D eigenvalue weighted by atomic mass is 10.2. The first-order valence-corrected chi connectivity index (χ1v) is 7.38. The van der Waals surface area contributed by atoms with Crippen LogP contribution in [0.4, 0.5) is 4.39 Å². The van der Waals surface area contributed by atoms with Gasteiger partial charge in [0, 0.05) is 11.6 Å². The van der Waals surface area contributed by atoms with Crippen molar-refractivity contribution in [1.29, 1.82) is 0 Å². The average molecular weight is 340 g/mol. The summed E-state index contributed by atoms with van der Waals surface area (Å²) in [4.78, 5) is 0. The molecule has 0 atom stereocenters. The number of rotatable bonds is 6. The molecule has 1 aliphatic rings. The van der Waals surface area contributed by atoms with Crippen LogP contribution in [0.3, 0.4) is 0 Å².